The summed E-state index contributed by atoms with van der Waals surface area (Å²) in [7, 11) is -1.16. The summed E-state index contributed by atoms with van der Waals surface area (Å²) in [6, 6.07) is 7.57. The Morgan fingerprint density at radius 3 is 2.62 bits per heavy atom. The van der Waals surface area contributed by atoms with E-state index in [1.807, 2.05) is 25.2 Å². The summed E-state index contributed by atoms with van der Waals surface area (Å²) in [6.45, 7) is 5.26. The molecule has 0 spiro atoms. The number of sulfone groups is 1. The predicted octanol–water partition coefficient (Wildman–Crippen LogP) is 3.36. The third-order valence-electron chi connectivity index (χ3n) is 5.02. The molecule has 0 amide bonds. The van der Waals surface area contributed by atoms with Crippen LogP contribution < -0.4 is 5.32 Å². The van der Waals surface area contributed by atoms with E-state index in [0.29, 0.717) is 4.90 Å². The molecule has 0 aromatic heterocycles. The Balaban J connectivity index is 2.47. The van der Waals surface area contributed by atoms with E-state index in [2.05, 4.69) is 19.2 Å². The molecule has 0 aliphatic carbocycles. The van der Waals surface area contributed by atoms with Gasteiger partial charge in [0.05, 0.1) is 10.6 Å². The molecular weight excluding hydrogens is 282 g/mol. The number of benzene rings is 1. The van der Waals surface area contributed by atoms with Gasteiger partial charge in [0, 0.05) is 12.5 Å². The van der Waals surface area contributed by atoms with Crippen molar-refractivity contribution >= 4 is 9.84 Å². The third-order valence-corrected chi connectivity index (χ3v) is 6.83. The first-order valence-electron chi connectivity index (χ1n) is 7.97. The van der Waals surface area contributed by atoms with E-state index in [9.17, 15) is 8.42 Å². The largest absolute Gasteiger partial charge is 0.319 e. The monoisotopic (exact) mass is 309 g/mol. The highest BCUT2D eigenvalue weighted by molar-refractivity contribution is 7.91. The van der Waals surface area contributed by atoms with Crippen LogP contribution in [0.1, 0.15) is 51.0 Å². The van der Waals surface area contributed by atoms with Crippen LogP contribution in [0.4, 0.5) is 0 Å². The van der Waals surface area contributed by atoms with Gasteiger partial charge < -0.3 is 5.32 Å². The highest BCUT2D eigenvalue weighted by atomic mass is 32.2. The molecule has 0 saturated heterocycles. The summed E-state index contributed by atoms with van der Waals surface area (Å²) in [5.41, 5.74) is 1.07. The number of fused-ring (bicyclic) bond motifs is 1. The molecule has 1 aromatic rings. The Labute approximate surface area is 129 Å². The Kier molecular flexibility index (Phi) is 5.10. The second kappa shape index (κ2) is 6.49. The molecule has 2 unspecified atom stereocenters. The Morgan fingerprint density at radius 1 is 1.29 bits per heavy atom. The molecule has 0 bridgehead atoms. The van der Waals surface area contributed by atoms with Crippen LogP contribution >= 0.6 is 0 Å². The SMILES string of the molecule is CCCCC(CC)(CNC)C1CS(=O)(=O)c2ccccc21. The molecule has 0 radical (unpaired) electrons. The standard InChI is InChI=1S/C17H27NO2S/c1-4-6-11-17(5-2,13-18-3)15-12-21(19,20)16-10-8-7-9-14(15)16/h7-10,15,18H,4-6,11-13H2,1-3H3. The first-order chi connectivity index (χ1) is 10.0. The highest BCUT2D eigenvalue weighted by Crippen LogP contribution is 2.49. The van der Waals surface area contributed by atoms with E-state index in [4.69, 9.17) is 0 Å². The van der Waals surface area contributed by atoms with Gasteiger partial charge in [-0.3, -0.25) is 0 Å². The first-order valence-corrected chi connectivity index (χ1v) is 9.62. The highest BCUT2D eigenvalue weighted by Gasteiger charge is 2.45. The molecule has 0 saturated carbocycles. The molecule has 1 aromatic carbocycles. The van der Waals surface area contributed by atoms with E-state index in [1.165, 1.54) is 0 Å². The molecule has 1 aliphatic heterocycles. The summed E-state index contributed by atoms with van der Waals surface area (Å²) in [5, 5.41) is 3.31. The van der Waals surface area contributed by atoms with Crippen molar-refractivity contribution in [2.24, 2.45) is 5.41 Å². The van der Waals surface area contributed by atoms with Crippen molar-refractivity contribution in [2.45, 2.75) is 50.3 Å². The maximum absolute atomic E-state index is 12.5. The number of hydrogen-bond acceptors (Lipinski definition) is 3. The summed E-state index contributed by atoms with van der Waals surface area (Å²) in [6.07, 6.45) is 4.37. The van der Waals surface area contributed by atoms with E-state index >= 15 is 0 Å². The molecule has 0 fully saturated rings. The lowest BCUT2D eigenvalue weighted by atomic mass is 9.68. The predicted molar refractivity (Wildman–Crippen MR) is 87.4 cm³/mol. The summed E-state index contributed by atoms with van der Waals surface area (Å²) < 4.78 is 25.0. The molecule has 2 atom stereocenters. The van der Waals surface area contributed by atoms with E-state index in [0.717, 1.165) is 37.8 Å². The third kappa shape index (κ3) is 3.02. The van der Waals surface area contributed by atoms with E-state index in [1.54, 1.807) is 6.07 Å². The van der Waals surface area contributed by atoms with E-state index in [-0.39, 0.29) is 17.1 Å². The number of hydrogen-bond donors (Lipinski definition) is 1. The zero-order valence-corrected chi connectivity index (χ0v) is 14.2. The molecule has 4 heteroatoms. The van der Waals surface area contributed by atoms with Gasteiger partial charge in [-0.2, -0.15) is 0 Å². The summed E-state index contributed by atoms with van der Waals surface area (Å²) >= 11 is 0. The Hall–Kier alpha value is -0.870. The maximum atomic E-state index is 12.5. The van der Waals surface area contributed by atoms with Crippen molar-refractivity contribution in [1.29, 1.82) is 0 Å². The van der Waals surface area contributed by atoms with Gasteiger partial charge in [0.15, 0.2) is 9.84 Å². The lowest BCUT2D eigenvalue weighted by Gasteiger charge is -2.38. The van der Waals surface area contributed by atoms with Gasteiger partial charge in [-0.15, -0.1) is 0 Å². The summed E-state index contributed by atoms with van der Waals surface area (Å²) in [4.78, 5) is 0.556. The van der Waals surface area contributed by atoms with Gasteiger partial charge in [0.25, 0.3) is 0 Å². The molecule has 2 rings (SSSR count). The average Bonchev–Trinajstić information content (AvgIpc) is 2.76. The second-order valence-corrected chi connectivity index (χ2v) is 8.22. The van der Waals surface area contributed by atoms with Crippen molar-refractivity contribution in [1.82, 2.24) is 5.32 Å². The zero-order chi connectivity index (χ0) is 15.5. The van der Waals surface area contributed by atoms with Crippen molar-refractivity contribution in [2.75, 3.05) is 19.3 Å². The van der Waals surface area contributed by atoms with Crippen molar-refractivity contribution in [3.63, 3.8) is 0 Å². The van der Waals surface area contributed by atoms with Gasteiger partial charge in [-0.05, 0) is 36.9 Å². The van der Waals surface area contributed by atoms with Gasteiger partial charge in [-0.1, -0.05) is 44.9 Å². The molecule has 3 nitrogen and oxygen atoms in total. The van der Waals surface area contributed by atoms with Crippen molar-refractivity contribution < 1.29 is 8.42 Å². The Bertz CT molecular complexity index is 582. The lowest BCUT2D eigenvalue weighted by molar-refractivity contribution is 0.195. The van der Waals surface area contributed by atoms with Gasteiger partial charge in [0.1, 0.15) is 0 Å². The number of nitrogens with one attached hydrogen (secondary N) is 1. The number of rotatable bonds is 7. The van der Waals surface area contributed by atoms with Crippen LogP contribution in [-0.4, -0.2) is 27.8 Å². The minimum absolute atomic E-state index is 0.0322. The molecular formula is C17H27NO2S. The fraction of sp³-hybridized carbons (Fsp3) is 0.647. The number of unbranched alkanes of at least 4 members (excludes halogenated alkanes) is 1. The fourth-order valence-corrected chi connectivity index (χ4v) is 5.78. The van der Waals surface area contributed by atoms with Crippen LogP contribution in [-0.2, 0) is 9.84 Å². The zero-order valence-electron chi connectivity index (χ0n) is 13.4. The van der Waals surface area contributed by atoms with Crippen LogP contribution in [0.25, 0.3) is 0 Å². The lowest BCUT2D eigenvalue weighted by Crippen LogP contribution is -2.38. The van der Waals surface area contributed by atoms with E-state index < -0.39 is 9.84 Å². The second-order valence-electron chi connectivity index (χ2n) is 6.22. The normalized spacial score (nSPS) is 22.7. The molecule has 1 N–H and O–H groups in total. The van der Waals surface area contributed by atoms with Crippen molar-refractivity contribution in [3.05, 3.63) is 29.8 Å². The molecule has 1 heterocycles. The minimum atomic E-state index is -3.12. The molecule has 21 heavy (non-hydrogen) atoms. The van der Waals surface area contributed by atoms with Gasteiger partial charge in [-0.25, -0.2) is 8.42 Å². The van der Waals surface area contributed by atoms with Gasteiger partial charge >= 0.3 is 0 Å². The van der Waals surface area contributed by atoms with Crippen LogP contribution in [0.3, 0.4) is 0 Å². The van der Waals surface area contributed by atoms with Crippen LogP contribution in [0.2, 0.25) is 0 Å². The average molecular weight is 309 g/mol. The maximum Gasteiger partial charge on any atom is 0.179 e. The van der Waals surface area contributed by atoms with Crippen molar-refractivity contribution in [3.8, 4) is 0 Å². The fourth-order valence-electron chi connectivity index (χ4n) is 3.77. The van der Waals surface area contributed by atoms with Crippen LogP contribution in [0, 0.1) is 5.41 Å². The van der Waals surface area contributed by atoms with Crippen LogP contribution in [0.5, 0.6) is 0 Å². The summed E-state index contributed by atoms with van der Waals surface area (Å²) in [5.74, 6) is 0.383. The first kappa shape index (κ1) is 16.5. The van der Waals surface area contributed by atoms with Gasteiger partial charge in [0.2, 0.25) is 0 Å². The topological polar surface area (TPSA) is 46.2 Å². The molecule has 1 aliphatic rings. The Morgan fingerprint density at radius 2 is 2.00 bits per heavy atom. The molecule has 118 valence electrons. The smallest absolute Gasteiger partial charge is 0.179 e. The van der Waals surface area contributed by atoms with Crippen LogP contribution in [0.15, 0.2) is 29.2 Å². The minimum Gasteiger partial charge on any atom is -0.319 e. The quantitative estimate of drug-likeness (QED) is 0.840.